The summed E-state index contributed by atoms with van der Waals surface area (Å²) in [6.07, 6.45) is 1.65. The van der Waals surface area contributed by atoms with Crippen molar-refractivity contribution in [2.75, 3.05) is 7.11 Å². The molecule has 2 aromatic rings. The lowest BCUT2D eigenvalue weighted by Gasteiger charge is -2.10. The summed E-state index contributed by atoms with van der Waals surface area (Å²) in [7, 11) is 1.64. The van der Waals surface area contributed by atoms with Crippen LogP contribution in [-0.2, 0) is 13.1 Å². The second kappa shape index (κ2) is 6.27. The zero-order chi connectivity index (χ0) is 13.0. The summed E-state index contributed by atoms with van der Waals surface area (Å²) in [6, 6.07) is 7.48. The standard InChI is InChI=1S/C13H13BrClNO2/c1-17-12-4-2-3-11(15)9(12)7-16-8-13-10(14)5-6-18-13/h2-6,16H,7-8H2,1H3. The summed E-state index contributed by atoms with van der Waals surface area (Å²) in [5.41, 5.74) is 0.948. The molecule has 1 aromatic heterocycles. The van der Waals surface area contributed by atoms with Crippen LogP contribution in [0.3, 0.4) is 0 Å². The van der Waals surface area contributed by atoms with Gasteiger partial charge in [-0.2, -0.15) is 0 Å². The van der Waals surface area contributed by atoms with Crippen molar-refractivity contribution in [1.29, 1.82) is 0 Å². The topological polar surface area (TPSA) is 34.4 Å². The molecule has 0 spiro atoms. The van der Waals surface area contributed by atoms with Gasteiger partial charge in [-0.25, -0.2) is 0 Å². The minimum atomic E-state index is 0.621. The second-order valence-corrected chi connectivity index (χ2v) is 4.98. The lowest BCUT2D eigenvalue weighted by molar-refractivity contribution is 0.406. The molecular formula is C13H13BrClNO2. The van der Waals surface area contributed by atoms with Crippen molar-refractivity contribution in [3.8, 4) is 5.75 Å². The van der Waals surface area contributed by atoms with Gasteiger partial charge in [-0.1, -0.05) is 17.7 Å². The summed E-state index contributed by atoms with van der Waals surface area (Å²) in [4.78, 5) is 0. The van der Waals surface area contributed by atoms with Crippen LogP contribution in [0.4, 0.5) is 0 Å². The second-order valence-electron chi connectivity index (χ2n) is 3.72. The van der Waals surface area contributed by atoms with Gasteiger partial charge in [0.25, 0.3) is 0 Å². The predicted octanol–water partition coefficient (Wildman–Crippen LogP) is 3.99. The molecule has 0 bridgehead atoms. The largest absolute Gasteiger partial charge is 0.496 e. The minimum Gasteiger partial charge on any atom is -0.496 e. The van der Waals surface area contributed by atoms with Crippen LogP contribution in [0.5, 0.6) is 5.75 Å². The van der Waals surface area contributed by atoms with Gasteiger partial charge >= 0.3 is 0 Å². The smallest absolute Gasteiger partial charge is 0.131 e. The van der Waals surface area contributed by atoms with Crippen LogP contribution in [0, 0.1) is 0 Å². The van der Waals surface area contributed by atoms with Gasteiger partial charge in [0.1, 0.15) is 11.5 Å². The Morgan fingerprint density at radius 3 is 2.83 bits per heavy atom. The Labute approximate surface area is 119 Å². The molecule has 1 N–H and O–H groups in total. The summed E-state index contributed by atoms with van der Waals surface area (Å²) in [5, 5.41) is 3.97. The summed E-state index contributed by atoms with van der Waals surface area (Å²) in [6.45, 7) is 1.25. The Balaban J connectivity index is 2.00. The Hall–Kier alpha value is -0.970. The Kier molecular flexibility index (Phi) is 4.69. The molecule has 96 valence electrons. The van der Waals surface area contributed by atoms with E-state index in [2.05, 4.69) is 21.2 Å². The van der Waals surface area contributed by atoms with E-state index in [-0.39, 0.29) is 0 Å². The summed E-state index contributed by atoms with van der Waals surface area (Å²) < 4.78 is 11.6. The zero-order valence-electron chi connectivity index (χ0n) is 9.87. The molecule has 0 unspecified atom stereocenters. The van der Waals surface area contributed by atoms with E-state index in [0.29, 0.717) is 18.1 Å². The van der Waals surface area contributed by atoms with Crippen LogP contribution < -0.4 is 10.1 Å². The van der Waals surface area contributed by atoms with Crippen LogP contribution in [0.25, 0.3) is 0 Å². The molecule has 1 heterocycles. The monoisotopic (exact) mass is 329 g/mol. The van der Waals surface area contributed by atoms with Crippen LogP contribution >= 0.6 is 27.5 Å². The minimum absolute atomic E-state index is 0.621. The number of methoxy groups -OCH3 is 1. The maximum absolute atomic E-state index is 6.15. The highest BCUT2D eigenvalue weighted by Crippen LogP contribution is 2.26. The van der Waals surface area contributed by atoms with E-state index in [0.717, 1.165) is 21.5 Å². The van der Waals surface area contributed by atoms with E-state index in [1.165, 1.54) is 0 Å². The molecule has 0 saturated carbocycles. The van der Waals surface area contributed by atoms with Gasteiger partial charge in [-0.15, -0.1) is 0 Å². The molecule has 0 aliphatic carbocycles. The van der Waals surface area contributed by atoms with Crippen molar-refractivity contribution in [3.63, 3.8) is 0 Å². The van der Waals surface area contributed by atoms with Crippen LogP contribution in [-0.4, -0.2) is 7.11 Å². The van der Waals surface area contributed by atoms with E-state index in [1.807, 2.05) is 24.3 Å². The van der Waals surface area contributed by atoms with E-state index >= 15 is 0 Å². The fraction of sp³-hybridized carbons (Fsp3) is 0.231. The molecule has 0 atom stereocenters. The number of ether oxygens (including phenoxy) is 1. The average molecular weight is 331 g/mol. The Bertz CT molecular complexity index is 527. The van der Waals surface area contributed by atoms with Gasteiger partial charge in [0, 0.05) is 17.1 Å². The first-order valence-corrected chi connectivity index (χ1v) is 6.63. The molecule has 0 saturated heterocycles. The Morgan fingerprint density at radius 1 is 1.33 bits per heavy atom. The van der Waals surface area contributed by atoms with Gasteiger partial charge in [0.05, 0.1) is 24.4 Å². The lowest BCUT2D eigenvalue weighted by atomic mass is 10.2. The van der Waals surface area contributed by atoms with E-state index in [1.54, 1.807) is 13.4 Å². The van der Waals surface area contributed by atoms with E-state index in [4.69, 9.17) is 20.8 Å². The number of rotatable bonds is 5. The third kappa shape index (κ3) is 3.07. The molecule has 0 aliphatic rings. The number of furan rings is 1. The highest BCUT2D eigenvalue weighted by atomic mass is 79.9. The number of benzene rings is 1. The molecule has 3 nitrogen and oxygen atoms in total. The number of hydrogen-bond donors (Lipinski definition) is 1. The third-order valence-corrected chi connectivity index (χ3v) is 3.63. The predicted molar refractivity (Wildman–Crippen MR) is 75.0 cm³/mol. The van der Waals surface area contributed by atoms with Crippen molar-refractivity contribution < 1.29 is 9.15 Å². The molecule has 0 fully saturated rings. The van der Waals surface area contributed by atoms with Crippen molar-refractivity contribution in [2.45, 2.75) is 13.1 Å². The fourth-order valence-corrected chi connectivity index (χ4v) is 2.23. The zero-order valence-corrected chi connectivity index (χ0v) is 12.2. The summed E-state index contributed by atoms with van der Waals surface area (Å²) in [5.74, 6) is 1.65. The van der Waals surface area contributed by atoms with Crippen molar-refractivity contribution in [1.82, 2.24) is 5.32 Å². The summed E-state index contributed by atoms with van der Waals surface area (Å²) >= 11 is 9.56. The molecule has 2 rings (SSSR count). The maximum atomic E-state index is 6.15. The average Bonchev–Trinajstić information content (AvgIpc) is 2.77. The first kappa shape index (κ1) is 13.5. The number of halogens is 2. The van der Waals surface area contributed by atoms with Crippen LogP contribution in [0.1, 0.15) is 11.3 Å². The quantitative estimate of drug-likeness (QED) is 0.900. The van der Waals surface area contributed by atoms with Crippen molar-refractivity contribution in [3.05, 3.63) is 51.3 Å². The Morgan fingerprint density at radius 2 is 2.17 bits per heavy atom. The van der Waals surface area contributed by atoms with Crippen molar-refractivity contribution in [2.24, 2.45) is 0 Å². The normalized spacial score (nSPS) is 10.6. The van der Waals surface area contributed by atoms with Gasteiger partial charge in [-0.3, -0.25) is 0 Å². The van der Waals surface area contributed by atoms with E-state index in [9.17, 15) is 0 Å². The van der Waals surface area contributed by atoms with E-state index < -0.39 is 0 Å². The van der Waals surface area contributed by atoms with Gasteiger partial charge in [0.15, 0.2) is 0 Å². The molecule has 0 radical (unpaired) electrons. The van der Waals surface area contributed by atoms with Gasteiger partial charge in [-0.05, 0) is 34.1 Å². The van der Waals surface area contributed by atoms with Gasteiger partial charge < -0.3 is 14.5 Å². The maximum Gasteiger partial charge on any atom is 0.131 e. The molecule has 0 amide bonds. The third-order valence-electron chi connectivity index (χ3n) is 2.57. The molecule has 0 aliphatic heterocycles. The van der Waals surface area contributed by atoms with Crippen molar-refractivity contribution >= 4 is 27.5 Å². The first-order chi connectivity index (χ1) is 8.72. The fourth-order valence-electron chi connectivity index (χ4n) is 1.65. The highest BCUT2D eigenvalue weighted by Gasteiger charge is 2.08. The van der Waals surface area contributed by atoms with Gasteiger partial charge in [0.2, 0.25) is 0 Å². The molecule has 1 aromatic carbocycles. The van der Waals surface area contributed by atoms with Crippen LogP contribution in [0.2, 0.25) is 5.02 Å². The van der Waals surface area contributed by atoms with Crippen LogP contribution in [0.15, 0.2) is 39.4 Å². The highest BCUT2D eigenvalue weighted by molar-refractivity contribution is 9.10. The molecule has 5 heteroatoms. The SMILES string of the molecule is COc1cccc(Cl)c1CNCc1occc1Br. The molecule has 18 heavy (non-hydrogen) atoms. The number of hydrogen-bond acceptors (Lipinski definition) is 3. The lowest BCUT2D eigenvalue weighted by Crippen LogP contribution is -2.13. The first-order valence-electron chi connectivity index (χ1n) is 5.46. The molecular weight excluding hydrogens is 318 g/mol. The number of nitrogens with one attached hydrogen (secondary N) is 1.